The van der Waals surface area contributed by atoms with Crippen LogP contribution in [0.5, 0.6) is 0 Å². The van der Waals surface area contributed by atoms with Crippen LogP contribution < -0.4 is 5.32 Å². The topological polar surface area (TPSA) is 98.5 Å². The molecule has 1 N–H and O–H groups in total. The molecule has 0 aromatic heterocycles. The average molecular weight is 238 g/mol. The number of likely N-dealkylation sites (N-methyl/N-ethyl adjacent to an activating group) is 1. The van der Waals surface area contributed by atoms with E-state index in [0.717, 1.165) is 0 Å². The minimum Gasteiger partial charge on any atom is -0.452 e. The Balaban J connectivity index is 2.64. The second kappa shape index (κ2) is 5.59. The number of hydrogen-bond donors (Lipinski definition) is 1. The summed E-state index contributed by atoms with van der Waals surface area (Å²) in [4.78, 5) is 32.0. The number of carbonyl (C=O) groups excluding carboxylic acids is 2. The van der Waals surface area contributed by atoms with E-state index >= 15 is 0 Å². The lowest BCUT2D eigenvalue weighted by atomic mass is 10.2. The van der Waals surface area contributed by atoms with Crippen LogP contribution in [0.1, 0.15) is 10.4 Å². The Morgan fingerprint density at radius 1 is 1.35 bits per heavy atom. The SMILES string of the molecule is CNC(=O)COC(=O)c1ccc([N+](=O)[O-])cc1. The van der Waals surface area contributed by atoms with Crippen molar-refractivity contribution in [3.05, 3.63) is 39.9 Å². The highest BCUT2D eigenvalue weighted by Crippen LogP contribution is 2.12. The number of rotatable bonds is 4. The number of ether oxygens (including phenoxy) is 1. The molecular formula is C10H10N2O5. The van der Waals surface area contributed by atoms with Gasteiger partial charge in [0.2, 0.25) is 0 Å². The molecule has 0 aliphatic heterocycles. The van der Waals surface area contributed by atoms with E-state index in [1.165, 1.54) is 31.3 Å². The van der Waals surface area contributed by atoms with Gasteiger partial charge in [0.15, 0.2) is 6.61 Å². The third-order valence-electron chi connectivity index (χ3n) is 1.93. The summed E-state index contributed by atoms with van der Waals surface area (Å²) < 4.78 is 4.66. The summed E-state index contributed by atoms with van der Waals surface area (Å²) in [5, 5.41) is 12.7. The Kier molecular flexibility index (Phi) is 4.15. The molecule has 0 spiro atoms. The van der Waals surface area contributed by atoms with E-state index in [9.17, 15) is 19.7 Å². The maximum absolute atomic E-state index is 11.4. The van der Waals surface area contributed by atoms with Gasteiger partial charge in [-0.3, -0.25) is 14.9 Å². The van der Waals surface area contributed by atoms with Gasteiger partial charge in [-0.2, -0.15) is 0 Å². The van der Waals surface area contributed by atoms with Crippen LogP contribution in [0.25, 0.3) is 0 Å². The van der Waals surface area contributed by atoms with E-state index in [1.54, 1.807) is 0 Å². The second-order valence-electron chi connectivity index (χ2n) is 3.05. The Morgan fingerprint density at radius 3 is 2.41 bits per heavy atom. The van der Waals surface area contributed by atoms with Crippen molar-refractivity contribution in [1.82, 2.24) is 5.32 Å². The Hall–Kier alpha value is -2.44. The molecule has 17 heavy (non-hydrogen) atoms. The van der Waals surface area contributed by atoms with Gasteiger partial charge in [0.05, 0.1) is 10.5 Å². The molecule has 0 bridgehead atoms. The fourth-order valence-corrected chi connectivity index (χ4v) is 1.01. The molecule has 0 atom stereocenters. The highest BCUT2D eigenvalue weighted by atomic mass is 16.6. The maximum Gasteiger partial charge on any atom is 0.338 e. The van der Waals surface area contributed by atoms with Gasteiger partial charge in [-0.25, -0.2) is 4.79 Å². The van der Waals surface area contributed by atoms with Gasteiger partial charge in [0.1, 0.15) is 0 Å². The van der Waals surface area contributed by atoms with Crippen LogP contribution in [0, 0.1) is 10.1 Å². The van der Waals surface area contributed by atoms with Crippen LogP contribution in [-0.2, 0) is 9.53 Å². The zero-order valence-electron chi connectivity index (χ0n) is 9.00. The van der Waals surface area contributed by atoms with Gasteiger partial charge in [-0.15, -0.1) is 0 Å². The molecule has 0 radical (unpaired) electrons. The van der Waals surface area contributed by atoms with Gasteiger partial charge in [0.25, 0.3) is 11.6 Å². The van der Waals surface area contributed by atoms with Crippen molar-refractivity contribution >= 4 is 17.6 Å². The van der Waals surface area contributed by atoms with E-state index in [2.05, 4.69) is 10.1 Å². The van der Waals surface area contributed by atoms with E-state index in [0.29, 0.717) is 0 Å². The van der Waals surface area contributed by atoms with E-state index < -0.39 is 16.8 Å². The summed E-state index contributed by atoms with van der Waals surface area (Å²) in [5.74, 6) is -1.14. The lowest BCUT2D eigenvalue weighted by Gasteiger charge is -2.03. The standard InChI is InChI=1S/C10H10N2O5/c1-11-9(13)6-17-10(14)7-2-4-8(5-3-7)12(15)16/h2-5H,6H2,1H3,(H,11,13). The first-order valence-electron chi connectivity index (χ1n) is 4.66. The normalized spacial score (nSPS) is 9.47. The van der Waals surface area contributed by atoms with E-state index in [4.69, 9.17) is 0 Å². The fourth-order valence-electron chi connectivity index (χ4n) is 1.01. The molecule has 7 heteroatoms. The number of esters is 1. The van der Waals surface area contributed by atoms with Crippen LogP contribution >= 0.6 is 0 Å². The lowest BCUT2D eigenvalue weighted by Crippen LogP contribution is -2.25. The first kappa shape index (κ1) is 12.6. The monoisotopic (exact) mass is 238 g/mol. The molecule has 0 aliphatic rings. The molecule has 1 amide bonds. The molecule has 1 aromatic rings. The van der Waals surface area contributed by atoms with Gasteiger partial charge < -0.3 is 10.1 Å². The number of nitro groups is 1. The van der Waals surface area contributed by atoms with Crippen LogP contribution in [0.2, 0.25) is 0 Å². The van der Waals surface area contributed by atoms with Crippen molar-refractivity contribution in [1.29, 1.82) is 0 Å². The van der Waals surface area contributed by atoms with Crippen molar-refractivity contribution in [2.45, 2.75) is 0 Å². The summed E-state index contributed by atoms with van der Waals surface area (Å²) in [6.45, 7) is -0.383. The zero-order chi connectivity index (χ0) is 12.8. The number of nitrogens with one attached hydrogen (secondary N) is 1. The molecule has 0 heterocycles. The van der Waals surface area contributed by atoms with Crippen LogP contribution in [-0.4, -0.2) is 30.5 Å². The second-order valence-corrected chi connectivity index (χ2v) is 3.05. The smallest absolute Gasteiger partial charge is 0.338 e. The number of carbonyl (C=O) groups is 2. The number of amides is 1. The zero-order valence-corrected chi connectivity index (χ0v) is 9.00. The van der Waals surface area contributed by atoms with Crippen molar-refractivity contribution in [2.75, 3.05) is 13.7 Å². The minimum atomic E-state index is -0.705. The van der Waals surface area contributed by atoms with Gasteiger partial charge >= 0.3 is 5.97 Å². The summed E-state index contributed by atoms with van der Waals surface area (Å²) >= 11 is 0. The van der Waals surface area contributed by atoms with Crippen molar-refractivity contribution in [3.8, 4) is 0 Å². The number of hydrogen-bond acceptors (Lipinski definition) is 5. The molecule has 0 saturated carbocycles. The maximum atomic E-state index is 11.4. The van der Waals surface area contributed by atoms with E-state index in [-0.39, 0.29) is 17.9 Å². The van der Waals surface area contributed by atoms with E-state index in [1.807, 2.05) is 0 Å². The number of nitrogens with zero attached hydrogens (tertiary/aromatic N) is 1. The Labute approximate surface area is 96.5 Å². The Morgan fingerprint density at radius 2 is 1.94 bits per heavy atom. The van der Waals surface area contributed by atoms with Gasteiger partial charge in [0, 0.05) is 19.2 Å². The van der Waals surface area contributed by atoms with Crippen molar-refractivity contribution < 1.29 is 19.2 Å². The molecule has 1 rings (SSSR count). The average Bonchev–Trinajstić information content (AvgIpc) is 2.35. The van der Waals surface area contributed by atoms with Crippen molar-refractivity contribution in [3.63, 3.8) is 0 Å². The summed E-state index contributed by atoms with van der Waals surface area (Å²) in [7, 11) is 1.42. The fraction of sp³-hybridized carbons (Fsp3) is 0.200. The van der Waals surface area contributed by atoms with Crippen LogP contribution in [0.4, 0.5) is 5.69 Å². The quantitative estimate of drug-likeness (QED) is 0.467. The first-order valence-corrected chi connectivity index (χ1v) is 4.66. The molecule has 1 aromatic carbocycles. The highest BCUT2D eigenvalue weighted by molar-refractivity contribution is 5.91. The summed E-state index contributed by atoms with van der Waals surface area (Å²) in [5.41, 5.74) is 0.0346. The predicted molar refractivity (Wildman–Crippen MR) is 57.4 cm³/mol. The lowest BCUT2D eigenvalue weighted by molar-refractivity contribution is -0.384. The molecule has 90 valence electrons. The van der Waals surface area contributed by atoms with Crippen LogP contribution in [0.3, 0.4) is 0 Å². The molecule has 0 saturated heterocycles. The summed E-state index contributed by atoms with van der Waals surface area (Å²) in [6, 6.07) is 4.92. The molecule has 0 aliphatic carbocycles. The van der Waals surface area contributed by atoms with Gasteiger partial charge in [-0.05, 0) is 12.1 Å². The van der Waals surface area contributed by atoms with Crippen LogP contribution in [0.15, 0.2) is 24.3 Å². The number of nitro benzene ring substituents is 1. The largest absolute Gasteiger partial charge is 0.452 e. The number of benzene rings is 1. The highest BCUT2D eigenvalue weighted by Gasteiger charge is 2.11. The third-order valence-corrected chi connectivity index (χ3v) is 1.93. The van der Waals surface area contributed by atoms with Crippen molar-refractivity contribution in [2.24, 2.45) is 0 Å². The predicted octanol–water partition coefficient (Wildman–Crippen LogP) is 0.498. The summed E-state index contributed by atoms with van der Waals surface area (Å²) in [6.07, 6.45) is 0. The minimum absolute atomic E-state index is 0.118. The molecule has 7 nitrogen and oxygen atoms in total. The first-order chi connectivity index (χ1) is 8.04. The number of non-ortho nitro benzene ring substituents is 1. The third kappa shape index (κ3) is 3.56. The molecule has 0 unspecified atom stereocenters. The van der Waals surface area contributed by atoms with Gasteiger partial charge in [-0.1, -0.05) is 0 Å². The molecule has 0 fully saturated rings. The molecular weight excluding hydrogens is 228 g/mol. The Bertz CT molecular complexity index is 441.